The summed E-state index contributed by atoms with van der Waals surface area (Å²) in [6.07, 6.45) is 0. The van der Waals surface area contributed by atoms with E-state index in [9.17, 15) is 14.9 Å². The number of hydrogen-bond acceptors (Lipinski definition) is 4. The fraction of sp³-hybridized carbons (Fsp3) is 0.500. The van der Waals surface area contributed by atoms with E-state index in [1.54, 1.807) is 13.0 Å². The molecular weight excluding hydrogens is 258 g/mol. The predicted octanol–water partition coefficient (Wildman–Crippen LogP) is 1.19. The zero-order valence-electron chi connectivity index (χ0n) is 11.3. The number of benzene rings is 1. The summed E-state index contributed by atoms with van der Waals surface area (Å²) in [6.45, 7) is 5.28. The zero-order chi connectivity index (χ0) is 14.3. The number of aryl methyl sites for hydroxylation is 1. The molecule has 2 unspecified atom stereocenters. The summed E-state index contributed by atoms with van der Waals surface area (Å²) in [5.41, 5.74) is 1.27. The zero-order valence-corrected chi connectivity index (χ0v) is 11.3. The van der Waals surface area contributed by atoms with Gasteiger partial charge in [0.2, 0.25) is 0 Å². The van der Waals surface area contributed by atoms with Gasteiger partial charge in [-0.05, 0) is 30.4 Å². The molecule has 2 aliphatic heterocycles. The number of hydrogen-bond donors (Lipinski definition) is 1. The highest BCUT2D eigenvalue weighted by atomic mass is 16.6. The molecule has 0 spiro atoms. The summed E-state index contributed by atoms with van der Waals surface area (Å²) in [5.74, 6) is 1.10. The molecule has 0 radical (unpaired) electrons. The van der Waals surface area contributed by atoms with Gasteiger partial charge in [-0.3, -0.25) is 14.9 Å². The Bertz CT molecular complexity index is 561. The van der Waals surface area contributed by atoms with E-state index in [0.29, 0.717) is 23.0 Å². The number of carbonyl (C=O) groups is 1. The minimum Gasteiger partial charge on any atom is -0.338 e. The topological polar surface area (TPSA) is 75.5 Å². The first-order valence-corrected chi connectivity index (χ1v) is 6.81. The molecule has 6 heteroatoms. The maximum Gasteiger partial charge on any atom is 0.269 e. The molecule has 0 bridgehead atoms. The Labute approximate surface area is 116 Å². The minimum atomic E-state index is -0.437. The van der Waals surface area contributed by atoms with Crippen molar-refractivity contribution in [2.24, 2.45) is 11.8 Å². The van der Waals surface area contributed by atoms with Crippen LogP contribution in [-0.4, -0.2) is 41.9 Å². The van der Waals surface area contributed by atoms with Crippen LogP contribution in [0.2, 0.25) is 0 Å². The van der Waals surface area contributed by atoms with Gasteiger partial charge in [-0.2, -0.15) is 0 Å². The first kappa shape index (κ1) is 13.1. The van der Waals surface area contributed by atoms with Crippen LogP contribution in [0.15, 0.2) is 18.2 Å². The lowest BCUT2D eigenvalue weighted by Crippen LogP contribution is -2.32. The third-order valence-electron chi connectivity index (χ3n) is 4.33. The van der Waals surface area contributed by atoms with Crippen molar-refractivity contribution < 1.29 is 9.72 Å². The largest absolute Gasteiger partial charge is 0.338 e. The highest BCUT2D eigenvalue weighted by molar-refractivity contribution is 5.96. The Balaban J connectivity index is 1.79. The molecule has 1 amide bonds. The van der Waals surface area contributed by atoms with Crippen molar-refractivity contribution in [2.45, 2.75) is 6.92 Å². The van der Waals surface area contributed by atoms with Gasteiger partial charge in [-0.1, -0.05) is 0 Å². The van der Waals surface area contributed by atoms with E-state index >= 15 is 0 Å². The van der Waals surface area contributed by atoms with Crippen LogP contribution in [0.25, 0.3) is 0 Å². The average Bonchev–Trinajstić information content (AvgIpc) is 2.98. The van der Waals surface area contributed by atoms with Crippen LogP contribution in [-0.2, 0) is 0 Å². The van der Waals surface area contributed by atoms with E-state index in [-0.39, 0.29) is 11.6 Å². The van der Waals surface area contributed by atoms with E-state index in [2.05, 4.69) is 5.32 Å². The fourth-order valence-corrected chi connectivity index (χ4v) is 3.19. The molecule has 0 aromatic heterocycles. The molecule has 6 nitrogen and oxygen atoms in total. The molecule has 0 aliphatic carbocycles. The van der Waals surface area contributed by atoms with Crippen molar-refractivity contribution >= 4 is 11.6 Å². The number of amides is 1. The minimum absolute atomic E-state index is 0.00759. The highest BCUT2D eigenvalue weighted by Crippen LogP contribution is 2.28. The molecule has 2 heterocycles. The normalized spacial score (nSPS) is 24.8. The smallest absolute Gasteiger partial charge is 0.269 e. The van der Waals surface area contributed by atoms with Crippen molar-refractivity contribution in [2.75, 3.05) is 26.2 Å². The summed E-state index contributed by atoms with van der Waals surface area (Å²) in [6, 6.07) is 4.44. The van der Waals surface area contributed by atoms with Gasteiger partial charge in [0.15, 0.2) is 0 Å². The number of likely N-dealkylation sites (tertiary alicyclic amines) is 1. The quantitative estimate of drug-likeness (QED) is 0.650. The van der Waals surface area contributed by atoms with E-state index in [0.717, 1.165) is 26.2 Å². The molecule has 3 rings (SSSR count). The predicted molar refractivity (Wildman–Crippen MR) is 73.6 cm³/mol. The summed E-state index contributed by atoms with van der Waals surface area (Å²) >= 11 is 0. The van der Waals surface area contributed by atoms with Crippen LogP contribution in [0.5, 0.6) is 0 Å². The number of nitro groups is 1. The first-order valence-electron chi connectivity index (χ1n) is 6.81. The van der Waals surface area contributed by atoms with Gasteiger partial charge in [-0.15, -0.1) is 0 Å². The van der Waals surface area contributed by atoms with E-state index in [1.807, 2.05) is 4.90 Å². The maximum atomic E-state index is 12.5. The van der Waals surface area contributed by atoms with Crippen LogP contribution >= 0.6 is 0 Å². The Morgan fingerprint density at radius 2 is 2.00 bits per heavy atom. The van der Waals surface area contributed by atoms with Crippen molar-refractivity contribution in [3.63, 3.8) is 0 Å². The van der Waals surface area contributed by atoms with Gasteiger partial charge in [0.25, 0.3) is 11.6 Å². The third kappa shape index (κ3) is 2.16. The van der Waals surface area contributed by atoms with E-state index in [1.165, 1.54) is 12.1 Å². The molecule has 1 N–H and O–H groups in total. The number of nitrogens with zero attached hydrogens (tertiary/aromatic N) is 2. The molecule has 1 aromatic carbocycles. The molecule has 2 aliphatic rings. The second-order valence-corrected chi connectivity index (χ2v) is 5.64. The first-order chi connectivity index (χ1) is 9.56. The summed E-state index contributed by atoms with van der Waals surface area (Å²) in [7, 11) is 0. The van der Waals surface area contributed by atoms with Gasteiger partial charge < -0.3 is 10.2 Å². The molecule has 2 fully saturated rings. The number of carbonyl (C=O) groups excluding carboxylic acids is 1. The number of nitrogens with one attached hydrogen (secondary N) is 1. The SMILES string of the molecule is Cc1cc([N+](=O)[O-])ccc1C(=O)N1CC2CNCC2C1. The average molecular weight is 275 g/mol. The molecule has 20 heavy (non-hydrogen) atoms. The number of rotatable bonds is 2. The molecule has 2 saturated heterocycles. The summed E-state index contributed by atoms with van der Waals surface area (Å²) in [4.78, 5) is 24.7. The number of fused-ring (bicyclic) bond motifs is 1. The lowest BCUT2D eigenvalue weighted by molar-refractivity contribution is -0.384. The highest BCUT2D eigenvalue weighted by Gasteiger charge is 2.38. The number of nitro benzene ring substituents is 1. The molecule has 1 aromatic rings. The van der Waals surface area contributed by atoms with E-state index < -0.39 is 4.92 Å². The monoisotopic (exact) mass is 275 g/mol. The Morgan fingerprint density at radius 3 is 2.55 bits per heavy atom. The Hall–Kier alpha value is -1.95. The lowest BCUT2D eigenvalue weighted by Gasteiger charge is -2.18. The molecule has 0 saturated carbocycles. The maximum absolute atomic E-state index is 12.5. The second kappa shape index (κ2) is 4.86. The van der Waals surface area contributed by atoms with Crippen LogP contribution < -0.4 is 5.32 Å². The van der Waals surface area contributed by atoms with Crippen molar-refractivity contribution in [3.05, 3.63) is 39.4 Å². The van der Waals surface area contributed by atoms with Gasteiger partial charge in [0, 0.05) is 43.9 Å². The van der Waals surface area contributed by atoms with Gasteiger partial charge in [-0.25, -0.2) is 0 Å². The van der Waals surface area contributed by atoms with E-state index in [4.69, 9.17) is 0 Å². The van der Waals surface area contributed by atoms with Gasteiger partial charge in [0.1, 0.15) is 0 Å². The van der Waals surface area contributed by atoms with Crippen LogP contribution in [0.1, 0.15) is 15.9 Å². The standard InChI is InChI=1S/C14H17N3O3/c1-9-4-12(17(19)20)2-3-13(9)14(18)16-7-10-5-15-6-11(10)8-16/h2-4,10-11,15H,5-8H2,1H3. The van der Waals surface area contributed by atoms with Gasteiger partial charge in [0.05, 0.1) is 4.92 Å². The molecule has 106 valence electrons. The summed E-state index contributed by atoms with van der Waals surface area (Å²) in [5, 5.41) is 14.1. The van der Waals surface area contributed by atoms with Crippen molar-refractivity contribution in [1.82, 2.24) is 10.2 Å². The second-order valence-electron chi connectivity index (χ2n) is 5.64. The third-order valence-corrected chi connectivity index (χ3v) is 4.33. The Kier molecular flexibility index (Phi) is 3.17. The Morgan fingerprint density at radius 1 is 1.35 bits per heavy atom. The number of non-ortho nitro benzene ring substituents is 1. The summed E-state index contributed by atoms with van der Waals surface area (Å²) < 4.78 is 0. The van der Waals surface area contributed by atoms with Crippen LogP contribution in [0, 0.1) is 28.9 Å². The van der Waals surface area contributed by atoms with Crippen LogP contribution in [0.3, 0.4) is 0 Å². The van der Waals surface area contributed by atoms with Crippen molar-refractivity contribution in [1.29, 1.82) is 0 Å². The molecule has 2 atom stereocenters. The van der Waals surface area contributed by atoms with Crippen LogP contribution in [0.4, 0.5) is 5.69 Å². The lowest BCUT2D eigenvalue weighted by atomic mass is 10.0. The molecular formula is C14H17N3O3. The van der Waals surface area contributed by atoms with Gasteiger partial charge >= 0.3 is 0 Å². The van der Waals surface area contributed by atoms with Crippen molar-refractivity contribution in [3.8, 4) is 0 Å². The fourth-order valence-electron chi connectivity index (χ4n) is 3.19.